The lowest BCUT2D eigenvalue weighted by Gasteiger charge is -2.12. The Hall–Kier alpha value is -1.35. The van der Waals surface area contributed by atoms with Gasteiger partial charge >= 0.3 is 0 Å². The Bertz CT molecular complexity index is 593. The molecule has 0 aliphatic heterocycles. The third-order valence-electron chi connectivity index (χ3n) is 3.13. The highest BCUT2D eigenvalue weighted by molar-refractivity contribution is 7.89. The van der Waals surface area contributed by atoms with Crippen LogP contribution in [0, 0.1) is 11.8 Å². The molecule has 5 heteroatoms. The van der Waals surface area contributed by atoms with Gasteiger partial charge < -0.3 is 5.11 Å². The van der Waals surface area contributed by atoms with E-state index < -0.39 is 10.0 Å². The van der Waals surface area contributed by atoms with Gasteiger partial charge in [-0.05, 0) is 31.0 Å². The van der Waals surface area contributed by atoms with Crippen molar-refractivity contribution in [3.8, 4) is 11.8 Å². The van der Waals surface area contributed by atoms with Gasteiger partial charge in [-0.3, -0.25) is 0 Å². The second-order valence-corrected chi connectivity index (χ2v) is 6.30. The maximum absolute atomic E-state index is 12.2. The van der Waals surface area contributed by atoms with Gasteiger partial charge in [0.1, 0.15) is 6.61 Å². The Morgan fingerprint density at radius 1 is 1.32 bits per heavy atom. The number of benzene rings is 1. The highest BCUT2D eigenvalue weighted by atomic mass is 32.2. The minimum Gasteiger partial charge on any atom is -0.384 e. The van der Waals surface area contributed by atoms with Crippen LogP contribution in [-0.2, 0) is 10.0 Å². The highest BCUT2D eigenvalue weighted by Gasteiger charge is 2.22. The first kappa shape index (κ1) is 14.1. The van der Waals surface area contributed by atoms with Crippen molar-refractivity contribution in [3.63, 3.8) is 0 Å². The van der Waals surface area contributed by atoms with Crippen LogP contribution in [0.3, 0.4) is 0 Å². The molecule has 0 heterocycles. The van der Waals surface area contributed by atoms with Gasteiger partial charge in [0.05, 0.1) is 4.90 Å². The number of sulfonamides is 1. The topological polar surface area (TPSA) is 66.4 Å². The Kier molecular flexibility index (Phi) is 4.59. The third kappa shape index (κ3) is 3.80. The largest absolute Gasteiger partial charge is 0.384 e. The number of aliphatic hydroxyl groups is 1. The first-order valence-corrected chi connectivity index (χ1v) is 7.82. The van der Waals surface area contributed by atoms with Gasteiger partial charge in [0, 0.05) is 11.6 Å². The first-order valence-electron chi connectivity index (χ1n) is 6.34. The molecule has 0 unspecified atom stereocenters. The van der Waals surface area contributed by atoms with E-state index in [1.807, 2.05) is 0 Å². The summed E-state index contributed by atoms with van der Waals surface area (Å²) in [5.41, 5.74) is 0.586. The van der Waals surface area contributed by atoms with Gasteiger partial charge in [0.2, 0.25) is 10.0 Å². The van der Waals surface area contributed by atoms with E-state index in [4.69, 9.17) is 5.11 Å². The fourth-order valence-corrected chi connectivity index (χ4v) is 3.56. The van der Waals surface area contributed by atoms with Crippen LogP contribution < -0.4 is 4.72 Å². The average molecular weight is 279 g/mol. The molecule has 2 N–H and O–H groups in total. The molecule has 102 valence electrons. The molecule has 0 atom stereocenters. The number of hydrogen-bond acceptors (Lipinski definition) is 3. The zero-order valence-corrected chi connectivity index (χ0v) is 11.4. The summed E-state index contributed by atoms with van der Waals surface area (Å²) in [6.45, 7) is -0.239. The summed E-state index contributed by atoms with van der Waals surface area (Å²) in [7, 11) is -3.47. The predicted molar refractivity (Wildman–Crippen MR) is 73.0 cm³/mol. The van der Waals surface area contributed by atoms with Crippen molar-refractivity contribution in [1.29, 1.82) is 0 Å². The van der Waals surface area contributed by atoms with E-state index in [1.165, 1.54) is 6.07 Å². The van der Waals surface area contributed by atoms with Crippen LogP contribution >= 0.6 is 0 Å². The first-order chi connectivity index (χ1) is 9.12. The molecule has 0 radical (unpaired) electrons. The minimum atomic E-state index is -3.47. The molecular weight excluding hydrogens is 262 g/mol. The van der Waals surface area contributed by atoms with Crippen molar-refractivity contribution < 1.29 is 13.5 Å². The Morgan fingerprint density at radius 2 is 2.05 bits per heavy atom. The lowest BCUT2D eigenvalue weighted by molar-refractivity contribution is 0.350. The maximum atomic E-state index is 12.2. The predicted octanol–water partition coefficient (Wildman–Crippen LogP) is 1.25. The van der Waals surface area contributed by atoms with Crippen LogP contribution in [0.4, 0.5) is 0 Å². The summed E-state index contributed by atoms with van der Waals surface area (Å²) in [4.78, 5) is 0.226. The Labute approximate surface area is 113 Å². The van der Waals surface area contributed by atoms with Crippen LogP contribution in [0.1, 0.15) is 31.2 Å². The summed E-state index contributed by atoms with van der Waals surface area (Å²) in [6, 6.07) is 6.51. The molecule has 0 saturated heterocycles. The highest BCUT2D eigenvalue weighted by Crippen LogP contribution is 2.20. The van der Waals surface area contributed by atoms with Crippen molar-refractivity contribution >= 4 is 10.0 Å². The summed E-state index contributed by atoms with van der Waals surface area (Å²) >= 11 is 0. The van der Waals surface area contributed by atoms with Crippen LogP contribution in [-0.4, -0.2) is 26.2 Å². The van der Waals surface area contributed by atoms with Gasteiger partial charge in [-0.15, -0.1) is 0 Å². The number of rotatable bonds is 3. The third-order valence-corrected chi connectivity index (χ3v) is 4.65. The van der Waals surface area contributed by atoms with Gasteiger partial charge in [-0.1, -0.05) is 30.7 Å². The summed E-state index contributed by atoms with van der Waals surface area (Å²) in [5.74, 6) is 5.21. The number of nitrogens with one attached hydrogen (secondary N) is 1. The summed E-state index contributed by atoms with van der Waals surface area (Å²) in [5, 5.41) is 8.64. The van der Waals surface area contributed by atoms with Gasteiger partial charge in [-0.25, -0.2) is 13.1 Å². The summed E-state index contributed by atoms with van der Waals surface area (Å²) in [6.07, 6.45) is 3.97. The molecule has 1 aromatic rings. The standard InChI is InChI=1S/C14H17NO3S/c16-10-4-6-12-5-3-9-14(11-12)19(17,18)15-13-7-1-2-8-13/h3,5,9,11,13,15-16H,1-2,7-8,10H2. The lowest BCUT2D eigenvalue weighted by Crippen LogP contribution is -2.32. The molecule has 1 fully saturated rings. The second-order valence-electron chi connectivity index (χ2n) is 4.59. The molecule has 0 amide bonds. The Balaban J connectivity index is 2.19. The molecule has 19 heavy (non-hydrogen) atoms. The van der Waals surface area contributed by atoms with Crippen molar-refractivity contribution in [2.24, 2.45) is 0 Å². The number of hydrogen-bond donors (Lipinski definition) is 2. The monoisotopic (exact) mass is 279 g/mol. The van der Waals surface area contributed by atoms with Crippen molar-refractivity contribution in [1.82, 2.24) is 4.72 Å². The average Bonchev–Trinajstić information content (AvgIpc) is 2.89. The van der Waals surface area contributed by atoms with Crippen LogP contribution in [0.25, 0.3) is 0 Å². The lowest BCUT2D eigenvalue weighted by atomic mass is 10.2. The molecule has 1 saturated carbocycles. The second kappa shape index (κ2) is 6.20. The summed E-state index contributed by atoms with van der Waals surface area (Å²) < 4.78 is 27.1. The fourth-order valence-electron chi connectivity index (χ4n) is 2.21. The quantitative estimate of drug-likeness (QED) is 0.818. The van der Waals surface area contributed by atoms with Crippen LogP contribution in [0.5, 0.6) is 0 Å². The van der Waals surface area contributed by atoms with Crippen molar-refractivity contribution in [3.05, 3.63) is 29.8 Å². The molecular formula is C14H17NO3S. The minimum absolute atomic E-state index is 0.0529. The number of aliphatic hydroxyl groups excluding tert-OH is 1. The van der Waals surface area contributed by atoms with Gasteiger partial charge in [0.15, 0.2) is 0 Å². The molecule has 1 aliphatic carbocycles. The molecule has 1 aromatic carbocycles. The van der Waals surface area contributed by atoms with Crippen molar-refractivity contribution in [2.45, 2.75) is 36.6 Å². The van der Waals surface area contributed by atoms with E-state index in [-0.39, 0.29) is 17.5 Å². The van der Waals surface area contributed by atoms with Crippen molar-refractivity contribution in [2.75, 3.05) is 6.61 Å². The van der Waals surface area contributed by atoms with E-state index in [1.54, 1.807) is 18.2 Å². The molecule has 1 aliphatic rings. The molecule has 0 bridgehead atoms. The maximum Gasteiger partial charge on any atom is 0.240 e. The molecule has 0 spiro atoms. The Morgan fingerprint density at radius 3 is 2.74 bits per heavy atom. The zero-order chi connectivity index (χ0) is 13.7. The molecule has 4 nitrogen and oxygen atoms in total. The van der Waals surface area contributed by atoms with E-state index in [9.17, 15) is 8.42 Å². The normalized spacial score (nSPS) is 16.1. The van der Waals surface area contributed by atoms with E-state index in [2.05, 4.69) is 16.6 Å². The van der Waals surface area contributed by atoms with Crippen LogP contribution in [0.15, 0.2) is 29.2 Å². The van der Waals surface area contributed by atoms with Crippen LogP contribution in [0.2, 0.25) is 0 Å². The van der Waals surface area contributed by atoms with Gasteiger partial charge in [-0.2, -0.15) is 0 Å². The van der Waals surface area contributed by atoms with E-state index in [0.717, 1.165) is 25.7 Å². The fraction of sp³-hybridized carbons (Fsp3) is 0.429. The smallest absolute Gasteiger partial charge is 0.240 e. The molecule has 0 aromatic heterocycles. The van der Waals surface area contributed by atoms with Gasteiger partial charge in [0.25, 0.3) is 0 Å². The van der Waals surface area contributed by atoms with E-state index in [0.29, 0.717) is 5.56 Å². The zero-order valence-electron chi connectivity index (χ0n) is 10.6. The van der Waals surface area contributed by atoms with E-state index >= 15 is 0 Å². The SMILES string of the molecule is O=S(=O)(NC1CCCC1)c1cccc(C#CCO)c1. The molecule has 2 rings (SSSR count).